The number of benzene rings is 2. The number of halogens is 2. The summed E-state index contributed by atoms with van der Waals surface area (Å²) in [6.07, 6.45) is -3.13. The second kappa shape index (κ2) is 11.9. The summed E-state index contributed by atoms with van der Waals surface area (Å²) in [6.45, 7) is 5.12. The number of hydrogen-bond acceptors (Lipinski definition) is 6. The van der Waals surface area contributed by atoms with E-state index in [0.29, 0.717) is 5.56 Å². The third kappa shape index (κ3) is 7.07. The lowest BCUT2D eigenvalue weighted by Crippen LogP contribution is -2.66. The Balaban J connectivity index is 1.62. The fourth-order valence-corrected chi connectivity index (χ4v) is 3.47. The summed E-state index contributed by atoms with van der Waals surface area (Å²) in [7, 11) is 0. The third-order valence-corrected chi connectivity index (χ3v) is 5.70. The van der Waals surface area contributed by atoms with Crippen LogP contribution in [0.25, 0.3) is 0 Å². The molecule has 0 spiro atoms. The Hall–Kier alpha value is -3.36. The highest BCUT2D eigenvalue weighted by Gasteiger charge is 2.44. The highest BCUT2D eigenvalue weighted by atomic mass is 19.3. The second-order valence-electron chi connectivity index (χ2n) is 8.46. The van der Waals surface area contributed by atoms with Gasteiger partial charge in [0.05, 0.1) is 13.2 Å². The summed E-state index contributed by atoms with van der Waals surface area (Å²) < 4.78 is 31.9. The first kappa shape index (κ1) is 26.2. The molecule has 0 saturated carbocycles. The number of nitrogens with zero attached hydrogens (tertiary/aromatic N) is 1. The molecule has 5 N–H and O–H groups in total. The number of ether oxygens (including phenoxy) is 1. The molecule has 1 fully saturated rings. The van der Waals surface area contributed by atoms with E-state index in [1.807, 2.05) is 24.3 Å². The highest BCUT2D eigenvalue weighted by molar-refractivity contribution is 5.98. The van der Waals surface area contributed by atoms with Crippen LogP contribution in [0.4, 0.5) is 8.78 Å². The molecule has 186 valence electrons. The lowest BCUT2D eigenvalue weighted by atomic mass is 9.92. The van der Waals surface area contributed by atoms with Crippen molar-refractivity contribution in [2.45, 2.75) is 31.5 Å². The first-order valence-electron chi connectivity index (χ1n) is 11.0. The molecule has 0 radical (unpaired) electrons. The van der Waals surface area contributed by atoms with Gasteiger partial charge in [-0.2, -0.15) is 0 Å². The van der Waals surface area contributed by atoms with Gasteiger partial charge in [-0.1, -0.05) is 24.0 Å². The molecule has 1 aliphatic heterocycles. The van der Waals surface area contributed by atoms with Crippen molar-refractivity contribution in [2.24, 2.45) is 5.73 Å². The molecule has 1 unspecified atom stereocenters. The maximum atomic E-state index is 13.3. The molecule has 1 heterocycles. The van der Waals surface area contributed by atoms with E-state index in [2.05, 4.69) is 22.1 Å². The van der Waals surface area contributed by atoms with Crippen molar-refractivity contribution in [3.05, 3.63) is 70.8 Å². The van der Waals surface area contributed by atoms with Crippen LogP contribution in [0.2, 0.25) is 0 Å². The number of alkyl halides is 2. The summed E-state index contributed by atoms with van der Waals surface area (Å²) in [4.78, 5) is 26.6. The summed E-state index contributed by atoms with van der Waals surface area (Å²) in [5.41, 5.74) is 7.16. The van der Waals surface area contributed by atoms with Crippen LogP contribution in [-0.4, -0.2) is 66.2 Å². The van der Waals surface area contributed by atoms with Crippen LogP contribution in [0.1, 0.15) is 34.0 Å². The minimum atomic E-state index is -3.13. The number of morpholine rings is 1. The summed E-state index contributed by atoms with van der Waals surface area (Å²) in [6, 6.07) is 12.2. The standard InChI is InChI=1S/C25H28F2N4O4/c1-25(28,24(26)27)21(23(33)30-34)29-22(32)20-10-8-18(9-11-20)3-2-17-4-6-19(7-5-17)16-31-12-14-35-15-13-31/h4-11,21,24,34H,12-16,28H2,1H3,(H,29,32)(H,30,33)/t21-,25?/m1/s1. The normalized spacial score (nSPS) is 16.5. The largest absolute Gasteiger partial charge is 0.379 e. The third-order valence-electron chi connectivity index (χ3n) is 5.70. The van der Waals surface area contributed by atoms with Crippen molar-refractivity contribution in [1.29, 1.82) is 0 Å². The summed E-state index contributed by atoms with van der Waals surface area (Å²) >= 11 is 0. The van der Waals surface area contributed by atoms with Gasteiger partial charge in [0, 0.05) is 36.3 Å². The average molecular weight is 487 g/mol. The fourth-order valence-electron chi connectivity index (χ4n) is 3.47. The van der Waals surface area contributed by atoms with Gasteiger partial charge in [-0.25, -0.2) is 14.3 Å². The van der Waals surface area contributed by atoms with Gasteiger partial charge < -0.3 is 15.8 Å². The first-order chi connectivity index (χ1) is 16.7. The number of carbonyl (C=O) groups excluding carboxylic acids is 2. The zero-order valence-corrected chi connectivity index (χ0v) is 19.3. The fraction of sp³-hybridized carbons (Fsp3) is 0.360. The monoisotopic (exact) mass is 486 g/mol. The molecular weight excluding hydrogens is 458 g/mol. The Labute approximate surface area is 202 Å². The molecule has 0 aromatic heterocycles. The molecule has 1 saturated heterocycles. The van der Waals surface area contributed by atoms with Crippen molar-refractivity contribution < 1.29 is 28.3 Å². The predicted molar refractivity (Wildman–Crippen MR) is 125 cm³/mol. The van der Waals surface area contributed by atoms with Crippen LogP contribution in [0.15, 0.2) is 48.5 Å². The van der Waals surface area contributed by atoms with Gasteiger partial charge in [-0.05, 0) is 48.9 Å². The molecule has 2 aromatic carbocycles. The maximum Gasteiger partial charge on any atom is 0.268 e. The van der Waals surface area contributed by atoms with Gasteiger partial charge in [0.15, 0.2) is 0 Å². The molecule has 0 aliphatic carbocycles. The van der Waals surface area contributed by atoms with Gasteiger partial charge in [-0.15, -0.1) is 0 Å². The molecule has 10 heteroatoms. The van der Waals surface area contributed by atoms with Gasteiger partial charge in [-0.3, -0.25) is 19.7 Å². The Morgan fingerprint density at radius 2 is 1.63 bits per heavy atom. The van der Waals surface area contributed by atoms with Crippen molar-refractivity contribution in [1.82, 2.24) is 15.7 Å². The molecule has 2 amide bonds. The van der Waals surface area contributed by atoms with Gasteiger partial charge in [0.2, 0.25) is 0 Å². The Morgan fingerprint density at radius 1 is 1.09 bits per heavy atom. The number of rotatable bonds is 7. The zero-order valence-electron chi connectivity index (χ0n) is 19.3. The number of nitrogens with one attached hydrogen (secondary N) is 2. The van der Waals surface area contributed by atoms with Crippen LogP contribution in [-0.2, 0) is 16.1 Å². The molecule has 3 rings (SSSR count). The highest BCUT2D eigenvalue weighted by Crippen LogP contribution is 2.18. The van der Waals surface area contributed by atoms with E-state index < -0.39 is 29.8 Å². The molecule has 35 heavy (non-hydrogen) atoms. The van der Waals surface area contributed by atoms with Crippen LogP contribution < -0.4 is 16.5 Å². The number of amides is 2. The molecule has 2 atom stereocenters. The Kier molecular flexibility index (Phi) is 8.89. The molecule has 2 aromatic rings. The predicted octanol–water partition coefficient (Wildman–Crippen LogP) is 1.50. The van der Waals surface area contributed by atoms with Crippen molar-refractivity contribution in [3.8, 4) is 11.8 Å². The van der Waals surface area contributed by atoms with E-state index in [4.69, 9.17) is 15.7 Å². The number of hydrogen-bond donors (Lipinski definition) is 4. The van der Waals surface area contributed by atoms with E-state index in [0.717, 1.165) is 45.3 Å². The Morgan fingerprint density at radius 3 is 2.14 bits per heavy atom. The molecule has 8 nitrogen and oxygen atoms in total. The van der Waals surface area contributed by atoms with Crippen molar-refractivity contribution >= 4 is 11.8 Å². The van der Waals surface area contributed by atoms with Gasteiger partial charge in [0.1, 0.15) is 11.6 Å². The van der Waals surface area contributed by atoms with Gasteiger partial charge in [0.25, 0.3) is 18.2 Å². The minimum Gasteiger partial charge on any atom is -0.379 e. The van der Waals surface area contributed by atoms with Crippen LogP contribution in [0.5, 0.6) is 0 Å². The maximum absolute atomic E-state index is 13.3. The number of carbonyl (C=O) groups is 2. The SMILES string of the molecule is CC(N)(C(F)F)[C@H](NC(=O)c1ccc(C#Cc2ccc(CN3CCOCC3)cc2)cc1)C(=O)NO. The van der Waals surface area contributed by atoms with Crippen molar-refractivity contribution in [2.75, 3.05) is 26.3 Å². The van der Waals surface area contributed by atoms with E-state index in [9.17, 15) is 18.4 Å². The van der Waals surface area contributed by atoms with E-state index in [1.165, 1.54) is 23.2 Å². The molecular formula is C25H28F2N4O4. The lowest BCUT2D eigenvalue weighted by molar-refractivity contribution is -0.134. The minimum absolute atomic E-state index is 0.115. The lowest BCUT2D eigenvalue weighted by Gasteiger charge is -2.32. The second-order valence-corrected chi connectivity index (χ2v) is 8.46. The van der Waals surface area contributed by atoms with Crippen LogP contribution >= 0.6 is 0 Å². The average Bonchev–Trinajstić information content (AvgIpc) is 2.87. The molecule has 0 bridgehead atoms. The van der Waals surface area contributed by atoms with Crippen molar-refractivity contribution in [3.63, 3.8) is 0 Å². The van der Waals surface area contributed by atoms with Gasteiger partial charge >= 0.3 is 0 Å². The number of nitrogens with two attached hydrogens (primary N) is 1. The van der Waals surface area contributed by atoms with E-state index in [-0.39, 0.29) is 5.56 Å². The smallest absolute Gasteiger partial charge is 0.268 e. The Bertz CT molecular complexity index is 1070. The topological polar surface area (TPSA) is 117 Å². The van der Waals surface area contributed by atoms with Crippen LogP contribution in [0.3, 0.4) is 0 Å². The van der Waals surface area contributed by atoms with E-state index in [1.54, 1.807) is 12.1 Å². The quantitative estimate of drug-likeness (QED) is 0.268. The number of hydroxylamine groups is 1. The summed E-state index contributed by atoms with van der Waals surface area (Å²) in [5.74, 6) is 4.03. The van der Waals surface area contributed by atoms with E-state index >= 15 is 0 Å². The van der Waals surface area contributed by atoms with Crippen LogP contribution in [0, 0.1) is 11.8 Å². The summed E-state index contributed by atoms with van der Waals surface area (Å²) in [5, 5.41) is 11.0. The first-order valence-corrected chi connectivity index (χ1v) is 11.0. The molecule has 1 aliphatic rings. The zero-order chi connectivity index (χ0) is 25.4.